The van der Waals surface area contributed by atoms with Crippen molar-refractivity contribution < 1.29 is 9.90 Å². The number of hydrogen-bond acceptors (Lipinski definition) is 2. The minimum Gasteiger partial charge on any atom is -0.478 e. The first-order valence-corrected chi connectivity index (χ1v) is 7.65. The van der Waals surface area contributed by atoms with Crippen LogP contribution in [0.5, 0.6) is 0 Å². The fraction of sp³-hybridized carbons (Fsp3) is 0.158. The molecule has 0 unspecified atom stereocenters. The van der Waals surface area contributed by atoms with Crippen LogP contribution in [0, 0.1) is 0 Å². The van der Waals surface area contributed by atoms with Gasteiger partial charge >= 0.3 is 5.97 Å². The zero-order chi connectivity index (χ0) is 16.1. The van der Waals surface area contributed by atoms with Crippen LogP contribution in [-0.4, -0.2) is 20.6 Å². The molecule has 0 saturated carbocycles. The number of aromatic nitrogens is 2. The van der Waals surface area contributed by atoms with Gasteiger partial charge in [-0.25, -0.2) is 9.78 Å². The van der Waals surface area contributed by atoms with E-state index >= 15 is 0 Å². The normalized spacial score (nSPS) is 11.6. The number of hydrogen-bond donors (Lipinski definition) is 1. The summed E-state index contributed by atoms with van der Waals surface area (Å²) in [7, 11) is 1.93. The summed E-state index contributed by atoms with van der Waals surface area (Å²) in [4.78, 5) is 16.8. The summed E-state index contributed by atoms with van der Waals surface area (Å²) >= 11 is 0. The second-order valence-corrected chi connectivity index (χ2v) is 5.77. The quantitative estimate of drug-likeness (QED) is 0.605. The van der Waals surface area contributed by atoms with Crippen molar-refractivity contribution in [1.82, 2.24) is 9.55 Å². The van der Waals surface area contributed by atoms with Gasteiger partial charge in [0.15, 0.2) is 0 Å². The number of carboxylic acid groups (broad SMARTS) is 1. The highest BCUT2D eigenvalue weighted by Gasteiger charge is 2.20. The van der Waals surface area contributed by atoms with E-state index in [1.54, 1.807) is 0 Å². The molecule has 23 heavy (non-hydrogen) atoms. The number of aryl methyl sites for hydroxylation is 2. The molecule has 0 bridgehead atoms. The minimum atomic E-state index is -0.910. The number of para-hydroxylation sites is 1. The number of carboxylic acids is 1. The van der Waals surface area contributed by atoms with Crippen LogP contribution in [0.2, 0.25) is 0 Å². The van der Waals surface area contributed by atoms with Crippen LogP contribution >= 0.6 is 0 Å². The molecule has 0 aliphatic carbocycles. The summed E-state index contributed by atoms with van der Waals surface area (Å²) in [6, 6.07) is 13.7. The first-order valence-electron chi connectivity index (χ1n) is 7.65. The monoisotopic (exact) mass is 304 g/mol. The van der Waals surface area contributed by atoms with Crippen molar-refractivity contribution in [1.29, 1.82) is 0 Å². The number of nitrogens with zero attached hydrogens (tertiary/aromatic N) is 2. The van der Waals surface area contributed by atoms with Crippen LogP contribution < -0.4 is 0 Å². The Bertz CT molecular complexity index is 1090. The predicted molar refractivity (Wildman–Crippen MR) is 92.1 cm³/mol. The van der Waals surface area contributed by atoms with E-state index in [0.717, 1.165) is 33.8 Å². The average molecular weight is 304 g/mol. The Morgan fingerprint density at radius 2 is 1.96 bits per heavy atom. The molecule has 2 aromatic heterocycles. The molecule has 114 valence electrons. The van der Waals surface area contributed by atoms with Crippen LogP contribution in [-0.2, 0) is 13.5 Å². The molecule has 2 heterocycles. The Kier molecular flexibility index (Phi) is 2.88. The van der Waals surface area contributed by atoms with E-state index in [1.807, 2.05) is 54.1 Å². The summed E-state index contributed by atoms with van der Waals surface area (Å²) in [5.74, 6) is -0.910. The molecule has 4 rings (SSSR count). The Morgan fingerprint density at radius 3 is 2.70 bits per heavy atom. The first kappa shape index (κ1) is 13.8. The van der Waals surface area contributed by atoms with Gasteiger partial charge in [-0.2, -0.15) is 0 Å². The molecule has 0 saturated heterocycles. The summed E-state index contributed by atoms with van der Waals surface area (Å²) in [6.07, 6.45) is 0.864. The highest BCUT2D eigenvalue weighted by atomic mass is 16.4. The molecule has 0 atom stereocenters. The van der Waals surface area contributed by atoms with Crippen molar-refractivity contribution in [2.75, 3.05) is 0 Å². The number of pyridine rings is 1. The maximum atomic E-state index is 12.0. The predicted octanol–water partition coefficient (Wildman–Crippen LogP) is 4.14. The van der Waals surface area contributed by atoms with Gasteiger partial charge in [0.05, 0.1) is 16.6 Å². The Labute approximate surface area is 133 Å². The Hall–Kier alpha value is -2.88. The highest BCUT2D eigenvalue weighted by Crippen LogP contribution is 2.34. The number of fused-ring (bicyclic) bond motifs is 4. The fourth-order valence-corrected chi connectivity index (χ4v) is 3.33. The molecule has 4 nitrogen and oxygen atoms in total. The number of aromatic carboxylic acids is 1. The summed E-state index contributed by atoms with van der Waals surface area (Å²) < 4.78 is 1.96. The van der Waals surface area contributed by atoms with Crippen LogP contribution in [0.1, 0.15) is 22.8 Å². The van der Waals surface area contributed by atoms with Gasteiger partial charge in [0, 0.05) is 23.2 Å². The van der Waals surface area contributed by atoms with E-state index in [4.69, 9.17) is 4.98 Å². The minimum absolute atomic E-state index is 0.345. The van der Waals surface area contributed by atoms with Gasteiger partial charge in [-0.15, -0.1) is 0 Å². The molecule has 4 heteroatoms. The van der Waals surface area contributed by atoms with Gasteiger partial charge in [0.25, 0.3) is 0 Å². The van der Waals surface area contributed by atoms with Crippen molar-refractivity contribution in [3.8, 4) is 0 Å². The van der Waals surface area contributed by atoms with Gasteiger partial charge in [-0.1, -0.05) is 31.2 Å². The van der Waals surface area contributed by atoms with Gasteiger partial charge in [-0.3, -0.25) is 0 Å². The number of carbonyl (C=O) groups is 1. The van der Waals surface area contributed by atoms with Crippen LogP contribution in [0.25, 0.3) is 32.8 Å². The number of rotatable bonds is 2. The van der Waals surface area contributed by atoms with Crippen molar-refractivity contribution in [3.63, 3.8) is 0 Å². The van der Waals surface area contributed by atoms with Crippen molar-refractivity contribution >= 4 is 38.8 Å². The van der Waals surface area contributed by atoms with Crippen LogP contribution in [0.3, 0.4) is 0 Å². The lowest BCUT2D eigenvalue weighted by molar-refractivity contribution is 0.0701. The van der Waals surface area contributed by atoms with E-state index < -0.39 is 5.97 Å². The third kappa shape index (κ3) is 1.84. The summed E-state index contributed by atoms with van der Waals surface area (Å²) in [6.45, 7) is 2.06. The third-order valence-corrected chi connectivity index (χ3v) is 4.50. The molecule has 0 fully saturated rings. The average Bonchev–Trinajstić information content (AvgIpc) is 2.85. The van der Waals surface area contributed by atoms with Crippen LogP contribution in [0.4, 0.5) is 0 Å². The molecule has 0 aliphatic heterocycles. The van der Waals surface area contributed by atoms with Gasteiger partial charge in [0.2, 0.25) is 0 Å². The van der Waals surface area contributed by atoms with Crippen molar-refractivity contribution in [2.45, 2.75) is 13.3 Å². The van der Waals surface area contributed by atoms with Crippen LogP contribution in [0.15, 0.2) is 42.5 Å². The molecule has 0 aliphatic rings. The largest absolute Gasteiger partial charge is 0.478 e. The topological polar surface area (TPSA) is 55.1 Å². The lowest BCUT2D eigenvalue weighted by atomic mass is 10.0. The zero-order valence-corrected chi connectivity index (χ0v) is 13.0. The molecular formula is C19H16N2O2. The third-order valence-electron chi connectivity index (χ3n) is 4.50. The van der Waals surface area contributed by atoms with E-state index in [2.05, 4.69) is 6.92 Å². The number of benzene rings is 2. The molecule has 0 radical (unpaired) electrons. The maximum absolute atomic E-state index is 12.0. The van der Waals surface area contributed by atoms with E-state index in [0.29, 0.717) is 16.6 Å². The second kappa shape index (κ2) is 4.81. The van der Waals surface area contributed by atoms with E-state index in [1.165, 1.54) is 0 Å². The molecule has 1 N–H and O–H groups in total. The fourth-order valence-electron chi connectivity index (χ4n) is 3.33. The Morgan fingerprint density at radius 1 is 1.17 bits per heavy atom. The molecule has 0 amide bonds. The molecule has 2 aromatic carbocycles. The zero-order valence-electron chi connectivity index (χ0n) is 13.0. The lowest BCUT2D eigenvalue weighted by Crippen LogP contribution is -2.02. The second-order valence-electron chi connectivity index (χ2n) is 5.77. The van der Waals surface area contributed by atoms with Gasteiger partial charge in [-0.05, 0) is 30.2 Å². The van der Waals surface area contributed by atoms with Crippen molar-refractivity contribution in [3.05, 3.63) is 53.6 Å². The van der Waals surface area contributed by atoms with E-state index in [9.17, 15) is 9.90 Å². The van der Waals surface area contributed by atoms with E-state index in [-0.39, 0.29) is 0 Å². The SMILES string of the molecule is CCc1ccc2nc3c(c(C(=O)O)c2c1)c1ccccc1n3C. The Balaban J connectivity index is 2.33. The van der Waals surface area contributed by atoms with Gasteiger partial charge in [0.1, 0.15) is 5.65 Å². The summed E-state index contributed by atoms with van der Waals surface area (Å²) in [5, 5.41) is 12.2. The smallest absolute Gasteiger partial charge is 0.337 e. The molecule has 4 aromatic rings. The standard InChI is InChI=1S/C19H16N2O2/c1-3-11-8-9-14-13(10-11)17(19(22)23)16-12-6-4-5-7-15(12)21(2)18(16)20-14/h4-10H,3H2,1-2H3,(H,22,23). The maximum Gasteiger partial charge on any atom is 0.337 e. The van der Waals surface area contributed by atoms with Crippen molar-refractivity contribution in [2.24, 2.45) is 7.05 Å². The summed E-state index contributed by atoms with van der Waals surface area (Å²) in [5.41, 5.74) is 3.88. The lowest BCUT2D eigenvalue weighted by Gasteiger charge is -2.07. The molecule has 0 spiro atoms. The highest BCUT2D eigenvalue weighted by molar-refractivity contribution is 6.21. The molecular weight excluding hydrogens is 288 g/mol. The first-order chi connectivity index (χ1) is 11.1. The van der Waals surface area contributed by atoms with Gasteiger partial charge < -0.3 is 9.67 Å².